The van der Waals surface area contributed by atoms with E-state index in [1.807, 2.05) is 4.90 Å². The van der Waals surface area contributed by atoms with Gasteiger partial charge in [0.15, 0.2) is 0 Å². The molecular weight excluding hydrogens is 196 g/mol. The van der Waals surface area contributed by atoms with Crippen LogP contribution in [0.2, 0.25) is 0 Å². The third kappa shape index (κ3) is 2.28. The highest BCUT2D eigenvalue weighted by Crippen LogP contribution is 2.21. The Morgan fingerprint density at radius 3 is 3.00 bits per heavy atom. The number of hydrogen-bond acceptors (Lipinski definition) is 3. The van der Waals surface area contributed by atoms with Crippen molar-refractivity contribution in [1.82, 2.24) is 10.2 Å². The van der Waals surface area contributed by atoms with Crippen LogP contribution < -0.4 is 5.32 Å². The van der Waals surface area contributed by atoms with Gasteiger partial charge in [-0.3, -0.25) is 14.5 Å². The molecule has 5 nitrogen and oxygen atoms in total. The first-order valence-corrected chi connectivity index (χ1v) is 5.40. The van der Waals surface area contributed by atoms with Crippen molar-refractivity contribution in [2.75, 3.05) is 19.6 Å². The lowest BCUT2D eigenvalue weighted by Gasteiger charge is -2.23. The van der Waals surface area contributed by atoms with E-state index in [4.69, 9.17) is 5.11 Å². The maximum absolute atomic E-state index is 11.0. The number of carboxylic acid groups (broad SMARTS) is 1. The van der Waals surface area contributed by atoms with Crippen molar-refractivity contribution < 1.29 is 14.7 Å². The lowest BCUT2D eigenvalue weighted by atomic mass is 10.1. The van der Waals surface area contributed by atoms with Crippen LogP contribution in [0.3, 0.4) is 0 Å². The van der Waals surface area contributed by atoms with Crippen LogP contribution in [-0.4, -0.2) is 47.6 Å². The molecule has 0 aliphatic carbocycles. The van der Waals surface area contributed by atoms with Gasteiger partial charge in [-0.15, -0.1) is 0 Å². The number of hydrogen-bond donors (Lipinski definition) is 2. The molecule has 1 amide bonds. The van der Waals surface area contributed by atoms with Crippen molar-refractivity contribution in [2.45, 2.75) is 25.3 Å². The first-order chi connectivity index (χ1) is 7.16. The Morgan fingerprint density at radius 2 is 2.40 bits per heavy atom. The third-order valence-electron chi connectivity index (χ3n) is 3.20. The molecule has 2 rings (SSSR count). The molecule has 2 saturated heterocycles. The Morgan fingerprint density at radius 1 is 1.60 bits per heavy atom. The van der Waals surface area contributed by atoms with Crippen molar-refractivity contribution in [1.29, 1.82) is 0 Å². The molecule has 2 fully saturated rings. The number of carbonyl (C=O) groups excluding carboxylic acids is 1. The molecule has 2 heterocycles. The van der Waals surface area contributed by atoms with Crippen LogP contribution in [0.1, 0.15) is 19.3 Å². The van der Waals surface area contributed by atoms with Crippen LogP contribution >= 0.6 is 0 Å². The molecule has 0 aromatic rings. The average Bonchev–Trinajstić information content (AvgIpc) is 2.75. The summed E-state index contributed by atoms with van der Waals surface area (Å²) in [5.74, 6) is -0.353. The summed E-state index contributed by atoms with van der Waals surface area (Å²) in [5.41, 5.74) is 0. The Labute approximate surface area is 88.4 Å². The van der Waals surface area contributed by atoms with E-state index in [0.29, 0.717) is 13.0 Å². The molecule has 0 spiro atoms. The standard InChI is InChI=1S/C10H16N2O3/c13-9-4-7(5-11-9)6-12-3-1-2-8(12)10(14)15/h7-8H,1-6H2,(H,11,13)(H,14,15). The van der Waals surface area contributed by atoms with Gasteiger partial charge in [-0.05, 0) is 25.3 Å². The summed E-state index contributed by atoms with van der Waals surface area (Å²) >= 11 is 0. The van der Waals surface area contributed by atoms with Gasteiger partial charge < -0.3 is 10.4 Å². The molecule has 0 radical (unpaired) electrons. The van der Waals surface area contributed by atoms with Crippen molar-refractivity contribution in [3.63, 3.8) is 0 Å². The smallest absolute Gasteiger partial charge is 0.320 e. The van der Waals surface area contributed by atoms with Crippen LogP contribution in [-0.2, 0) is 9.59 Å². The zero-order valence-electron chi connectivity index (χ0n) is 8.61. The number of amides is 1. The highest BCUT2D eigenvalue weighted by atomic mass is 16.4. The lowest BCUT2D eigenvalue weighted by molar-refractivity contribution is -0.142. The quantitative estimate of drug-likeness (QED) is 0.672. The maximum atomic E-state index is 11.0. The van der Waals surface area contributed by atoms with E-state index in [1.54, 1.807) is 0 Å². The molecule has 0 aromatic carbocycles. The van der Waals surface area contributed by atoms with Gasteiger partial charge in [0.1, 0.15) is 6.04 Å². The predicted octanol–water partition coefficient (Wildman–Crippen LogP) is -0.328. The van der Waals surface area contributed by atoms with E-state index in [2.05, 4.69) is 5.32 Å². The van der Waals surface area contributed by atoms with Crippen LogP contribution in [0.5, 0.6) is 0 Å². The highest BCUT2D eigenvalue weighted by Gasteiger charge is 2.33. The Bertz CT molecular complexity index is 280. The van der Waals surface area contributed by atoms with Crippen LogP contribution in [0.25, 0.3) is 0 Å². The monoisotopic (exact) mass is 212 g/mol. The van der Waals surface area contributed by atoms with Gasteiger partial charge in [-0.1, -0.05) is 0 Å². The minimum atomic E-state index is -0.732. The van der Waals surface area contributed by atoms with Gasteiger partial charge in [-0.25, -0.2) is 0 Å². The van der Waals surface area contributed by atoms with Gasteiger partial charge >= 0.3 is 5.97 Å². The normalized spacial score (nSPS) is 31.9. The minimum Gasteiger partial charge on any atom is -0.480 e. The van der Waals surface area contributed by atoms with Gasteiger partial charge in [-0.2, -0.15) is 0 Å². The molecule has 84 valence electrons. The summed E-state index contributed by atoms with van der Waals surface area (Å²) in [4.78, 5) is 23.9. The fourth-order valence-electron chi connectivity index (χ4n) is 2.45. The van der Waals surface area contributed by atoms with Crippen molar-refractivity contribution in [2.24, 2.45) is 5.92 Å². The summed E-state index contributed by atoms with van der Waals surface area (Å²) < 4.78 is 0. The van der Waals surface area contributed by atoms with Crippen LogP contribution in [0.15, 0.2) is 0 Å². The second-order valence-electron chi connectivity index (χ2n) is 4.37. The third-order valence-corrected chi connectivity index (χ3v) is 3.20. The first kappa shape index (κ1) is 10.4. The number of carbonyl (C=O) groups is 2. The number of aliphatic carboxylic acids is 1. The summed E-state index contributed by atoms with van der Waals surface area (Å²) in [6, 6.07) is -0.333. The highest BCUT2D eigenvalue weighted by molar-refractivity contribution is 5.78. The molecule has 2 N–H and O–H groups in total. The van der Waals surface area contributed by atoms with E-state index in [0.717, 1.165) is 25.9 Å². The number of nitrogens with zero attached hydrogens (tertiary/aromatic N) is 1. The summed E-state index contributed by atoms with van der Waals surface area (Å²) in [6.45, 7) is 2.28. The summed E-state index contributed by atoms with van der Waals surface area (Å²) in [6.07, 6.45) is 2.23. The summed E-state index contributed by atoms with van der Waals surface area (Å²) in [7, 11) is 0. The maximum Gasteiger partial charge on any atom is 0.320 e. The molecule has 2 aliphatic heterocycles. The molecule has 2 atom stereocenters. The average molecular weight is 212 g/mol. The van der Waals surface area contributed by atoms with E-state index in [-0.39, 0.29) is 17.9 Å². The lowest BCUT2D eigenvalue weighted by Crippen LogP contribution is -2.39. The molecular formula is C10H16N2O3. The van der Waals surface area contributed by atoms with Crippen LogP contribution in [0, 0.1) is 5.92 Å². The summed E-state index contributed by atoms with van der Waals surface area (Å²) in [5, 5.41) is 11.8. The molecule has 5 heteroatoms. The second kappa shape index (κ2) is 4.18. The number of rotatable bonds is 3. The molecule has 0 saturated carbocycles. The Kier molecular flexibility index (Phi) is 2.90. The van der Waals surface area contributed by atoms with E-state index < -0.39 is 5.97 Å². The fourth-order valence-corrected chi connectivity index (χ4v) is 2.45. The van der Waals surface area contributed by atoms with E-state index >= 15 is 0 Å². The molecule has 0 aromatic heterocycles. The van der Waals surface area contributed by atoms with Gasteiger partial charge in [0.05, 0.1) is 0 Å². The Hall–Kier alpha value is -1.10. The second-order valence-corrected chi connectivity index (χ2v) is 4.37. The SMILES string of the molecule is O=C1CC(CN2CCCC2C(=O)O)CN1. The first-order valence-electron chi connectivity index (χ1n) is 5.40. The largest absolute Gasteiger partial charge is 0.480 e. The van der Waals surface area contributed by atoms with Crippen LogP contribution in [0.4, 0.5) is 0 Å². The molecule has 2 aliphatic rings. The topological polar surface area (TPSA) is 69.6 Å². The number of nitrogens with one attached hydrogen (secondary N) is 1. The number of likely N-dealkylation sites (tertiary alicyclic amines) is 1. The van der Waals surface area contributed by atoms with Crippen molar-refractivity contribution in [3.8, 4) is 0 Å². The zero-order chi connectivity index (χ0) is 10.8. The predicted molar refractivity (Wildman–Crippen MR) is 53.3 cm³/mol. The van der Waals surface area contributed by atoms with Gasteiger partial charge in [0, 0.05) is 19.5 Å². The molecule has 2 unspecified atom stereocenters. The molecule has 15 heavy (non-hydrogen) atoms. The van der Waals surface area contributed by atoms with E-state index in [9.17, 15) is 9.59 Å². The van der Waals surface area contributed by atoms with Crippen molar-refractivity contribution in [3.05, 3.63) is 0 Å². The van der Waals surface area contributed by atoms with Gasteiger partial charge in [0.2, 0.25) is 5.91 Å². The van der Waals surface area contributed by atoms with E-state index in [1.165, 1.54) is 0 Å². The molecule has 0 bridgehead atoms. The fraction of sp³-hybridized carbons (Fsp3) is 0.800. The number of carboxylic acids is 1. The van der Waals surface area contributed by atoms with Gasteiger partial charge in [0.25, 0.3) is 0 Å². The zero-order valence-corrected chi connectivity index (χ0v) is 8.61. The van der Waals surface area contributed by atoms with Crippen molar-refractivity contribution >= 4 is 11.9 Å². The minimum absolute atomic E-state index is 0.0890. The Balaban J connectivity index is 1.88.